The van der Waals surface area contributed by atoms with Gasteiger partial charge in [0.05, 0.1) is 0 Å². The van der Waals surface area contributed by atoms with Crippen molar-refractivity contribution in [3.05, 3.63) is 23.5 Å². The van der Waals surface area contributed by atoms with Crippen molar-refractivity contribution < 1.29 is 14.6 Å². The van der Waals surface area contributed by atoms with Crippen molar-refractivity contribution in [1.29, 1.82) is 0 Å². The van der Waals surface area contributed by atoms with Crippen molar-refractivity contribution >= 4 is 5.78 Å². The van der Waals surface area contributed by atoms with E-state index < -0.39 is 6.29 Å². The molecule has 0 spiro atoms. The lowest BCUT2D eigenvalue weighted by Crippen LogP contribution is -2.35. The second-order valence-electron chi connectivity index (χ2n) is 5.24. The molecule has 0 saturated heterocycles. The van der Waals surface area contributed by atoms with Crippen LogP contribution in [0.5, 0.6) is 0 Å². The normalized spacial score (nSPS) is 37.2. The lowest BCUT2D eigenvalue weighted by molar-refractivity contribution is -0.130. The molecule has 1 N–H and O–H groups in total. The Morgan fingerprint density at radius 1 is 1.47 bits per heavy atom. The van der Waals surface area contributed by atoms with Crippen LogP contribution in [-0.2, 0) is 9.53 Å². The molecule has 3 heteroatoms. The van der Waals surface area contributed by atoms with Gasteiger partial charge in [0, 0.05) is 5.92 Å². The molecule has 0 amide bonds. The van der Waals surface area contributed by atoms with Crippen LogP contribution in [0.15, 0.2) is 23.5 Å². The Morgan fingerprint density at radius 3 is 2.82 bits per heavy atom. The maximum atomic E-state index is 10.9. The molecule has 1 fully saturated rings. The van der Waals surface area contributed by atoms with Crippen LogP contribution in [0.3, 0.4) is 0 Å². The fourth-order valence-electron chi connectivity index (χ4n) is 3.06. The molecular weight excluding hydrogens is 216 g/mol. The van der Waals surface area contributed by atoms with E-state index in [2.05, 4.69) is 6.92 Å². The van der Waals surface area contributed by atoms with Crippen molar-refractivity contribution in [2.75, 3.05) is 0 Å². The monoisotopic (exact) mass is 236 g/mol. The molecule has 2 rings (SSSR count). The van der Waals surface area contributed by atoms with Gasteiger partial charge in [-0.25, -0.2) is 0 Å². The van der Waals surface area contributed by atoms with E-state index in [-0.39, 0.29) is 11.7 Å². The predicted octanol–water partition coefficient (Wildman–Crippen LogP) is 2.42. The van der Waals surface area contributed by atoms with Crippen LogP contribution in [0.2, 0.25) is 0 Å². The molecule has 0 radical (unpaired) electrons. The molecule has 0 aromatic rings. The Morgan fingerprint density at radius 2 is 2.18 bits per heavy atom. The van der Waals surface area contributed by atoms with Crippen LogP contribution in [-0.4, -0.2) is 17.2 Å². The summed E-state index contributed by atoms with van der Waals surface area (Å²) >= 11 is 0. The van der Waals surface area contributed by atoms with E-state index in [1.165, 1.54) is 18.6 Å². The summed E-state index contributed by atoms with van der Waals surface area (Å²) in [6.07, 6.45) is 4.68. The fourth-order valence-corrected chi connectivity index (χ4v) is 3.06. The van der Waals surface area contributed by atoms with Crippen LogP contribution >= 0.6 is 0 Å². The molecule has 3 nitrogen and oxygen atoms in total. The number of ketones is 1. The first-order chi connectivity index (χ1) is 8.00. The lowest BCUT2D eigenvalue weighted by atomic mass is 9.83. The maximum absolute atomic E-state index is 10.9. The highest BCUT2D eigenvalue weighted by Crippen LogP contribution is 2.47. The van der Waals surface area contributed by atoms with Crippen LogP contribution in [0.25, 0.3) is 0 Å². The first kappa shape index (κ1) is 12.4. The van der Waals surface area contributed by atoms with Crippen LogP contribution in [0.1, 0.15) is 33.6 Å². The van der Waals surface area contributed by atoms with E-state index >= 15 is 0 Å². The van der Waals surface area contributed by atoms with Gasteiger partial charge < -0.3 is 9.84 Å². The quantitative estimate of drug-likeness (QED) is 0.749. The summed E-state index contributed by atoms with van der Waals surface area (Å²) in [7, 11) is 0. The lowest BCUT2D eigenvalue weighted by Gasteiger charge is -2.34. The molecule has 4 atom stereocenters. The molecule has 0 aromatic carbocycles. The van der Waals surface area contributed by atoms with Gasteiger partial charge in [-0.2, -0.15) is 0 Å². The highest BCUT2D eigenvalue weighted by atomic mass is 16.6. The maximum Gasteiger partial charge on any atom is 0.201 e. The van der Waals surface area contributed by atoms with E-state index in [1.54, 1.807) is 6.08 Å². The third-order valence-electron chi connectivity index (χ3n) is 4.05. The molecule has 2 aliphatic rings. The van der Waals surface area contributed by atoms with Gasteiger partial charge in [0.15, 0.2) is 5.78 Å². The van der Waals surface area contributed by atoms with E-state index in [9.17, 15) is 9.90 Å². The molecule has 1 aliphatic carbocycles. The zero-order valence-electron chi connectivity index (χ0n) is 10.6. The Balaban J connectivity index is 2.26. The molecule has 94 valence electrons. The average molecular weight is 236 g/mol. The second-order valence-corrected chi connectivity index (χ2v) is 5.24. The number of ether oxygens (including phenoxy) is 1. The average Bonchev–Trinajstić information content (AvgIpc) is 2.64. The van der Waals surface area contributed by atoms with E-state index in [1.807, 2.05) is 6.92 Å². The molecule has 1 saturated carbocycles. The summed E-state index contributed by atoms with van der Waals surface area (Å²) in [5.74, 6) is 1.78. The first-order valence-corrected chi connectivity index (χ1v) is 6.25. The van der Waals surface area contributed by atoms with Gasteiger partial charge in [0.25, 0.3) is 0 Å². The van der Waals surface area contributed by atoms with Crippen molar-refractivity contribution in [2.45, 2.75) is 39.9 Å². The van der Waals surface area contributed by atoms with Crippen molar-refractivity contribution in [2.24, 2.45) is 17.8 Å². The van der Waals surface area contributed by atoms with E-state index in [0.717, 1.165) is 12.8 Å². The minimum absolute atomic E-state index is 0.00898. The topological polar surface area (TPSA) is 46.5 Å². The molecule has 0 unspecified atom stereocenters. The van der Waals surface area contributed by atoms with Crippen molar-refractivity contribution in [3.8, 4) is 0 Å². The van der Waals surface area contributed by atoms with Gasteiger partial charge in [-0.1, -0.05) is 6.92 Å². The number of rotatable bonds is 2. The highest BCUT2D eigenvalue weighted by molar-refractivity contribution is 5.87. The number of carbonyl (C=O) groups excluding carboxylic acids is 1. The predicted molar refractivity (Wildman–Crippen MR) is 65.0 cm³/mol. The van der Waals surface area contributed by atoms with Gasteiger partial charge in [0.1, 0.15) is 5.76 Å². The van der Waals surface area contributed by atoms with Gasteiger partial charge in [-0.3, -0.25) is 4.79 Å². The number of carbonyl (C=O) groups is 1. The largest absolute Gasteiger partial charge is 0.465 e. The second kappa shape index (κ2) is 4.65. The minimum Gasteiger partial charge on any atom is -0.465 e. The van der Waals surface area contributed by atoms with Crippen LogP contribution < -0.4 is 0 Å². The van der Waals surface area contributed by atoms with Crippen molar-refractivity contribution in [1.82, 2.24) is 0 Å². The van der Waals surface area contributed by atoms with Crippen molar-refractivity contribution in [3.63, 3.8) is 0 Å². The smallest absolute Gasteiger partial charge is 0.201 e. The summed E-state index contributed by atoms with van der Waals surface area (Å²) in [4.78, 5) is 10.9. The highest BCUT2D eigenvalue weighted by Gasteiger charge is 2.43. The standard InChI is InChI=1S/C14H20O3/c1-8-4-6-11-10(3)12(7-5-9(2)15)17-14(16)13(8)11/h5,7-8,11,13-14,16H,4,6H2,1-3H3/b7-5+/t8-,11+,13-,14+/m1/s1. The van der Waals surface area contributed by atoms with Gasteiger partial charge in [-0.15, -0.1) is 0 Å². The SMILES string of the molecule is CC(=O)/C=C/C1=C(C)[C@@H]2CC[C@@H](C)[C@H]2[C@@H](O)O1. The number of hydrogen-bond acceptors (Lipinski definition) is 3. The van der Waals surface area contributed by atoms with Gasteiger partial charge >= 0.3 is 0 Å². The summed E-state index contributed by atoms with van der Waals surface area (Å²) in [6, 6.07) is 0. The Bertz CT molecular complexity index is 381. The third kappa shape index (κ3) is 2.29. The van der Waals surface area contributed by atoms with E-state index in [4.69, 9.17) is 4.74 Å². The summed E-state index contributed by atoms with van der Waals surface area (Å²) in [6.45, 7) is 5.72. The number of aliphatic hydroxyl groups is 1. The minimum atomic E-state index is -0.729. The Kier molecular flexibility index (Phi) is 3.38. The molecule has 17 heavy (non-hydrogen) atoms. The van der Waals surface area contributed by atoms with Crippen LogP contribution in [0, 0.1) is 17.8 Å². The van der Waals surface area contributed by atoms with Gasteiger partial charge in [0.2, 0.25) is 6.29 Å². The number of fused-ring (bicyclic) bond motifs is 1. The Hall–Kier alpha value is -1.09. The molecule has 1 aliphatic heterocycles. The molecular formula is C14H20O3. The van der Waals surface area contributed by atoms with Crippen LogP contribution in [0.4, 0.5) is 0 Å². The zero-order chi connectivity index (χ0) is 12.6. The van der Waals surface area contributed by atoms with E-state index in [0.29, 0.717) is 17.6 Å². The molecule has 0 aromatic heterocycles. The number of hydrogen-bond donors (Lipinski definition) is 1. The summed E-state index contributed by atoms with van der Waals surface area (Å²) in [5.41, 5.74) is 1.17. The van der Waals surface area contributed by atoms with Gasteiger partial charge in [-0.05, 0) is 56.3 Å². The number of allylic oxidation sites excluding steroid dienone is 3. The zero-order valence-corrected chi connectivity index (χ0v) is 10.6. The summed E-state index contributed by atoms with van der Waals surface area (Å²) in [5, 5.41) is 10.0. The summed E-state index contributed by atoms with van der Waals surface area (Å²) < 4.78 is 5.53. The first-order valence-electron chi connectivity index (χ1n) is 6.25. The molecule has 1 heterocycles. The Labute approximate surface area is 102 Å². The third-order valence-corrected chi connectivity index (χ3v) is 4.05. The fraction of sp³-hybridized carbons (Fsp3) is 0.643. The molecule has 0 bridgehead atoms. The number of aliphatic hydroxyl groups excluding tert-OH is 1.